The second kappa shape index (κ2) is 3.18. The molecule has 1 N–H and O–H groups in total. The molecule has 64 valence electrons. The summed E-state index contributed by atoms with van der Waals surface area (Å²) in [6.45, 7) is 2.22. The van der Waals surface area contributed by atoms with E-state index in [0.717, 1.165) is 6.42 Å². The van der Waals surface area contributed by atoms with E-state index in [-0.39, 0.29) is 0 Å². The van der Waals surface area contributed by atoms with E-state index in [0.29, 0.717) is 12.0 Å². The van der Waals surface area contributed by atoms with Crippen molar-refractivity contribution < 1.29 is 0 Å². The molecular formula is C11H15N. The summed E-state index contributed by atoms with van der Waals surface area (Å²) in [5, 5.41) is 3.44. The zero-order chi connectivity index (χ0) is 8.39. The van der Waals surface area contributed by atoms with Gasteiger partial charge < -0.3 is 5.32 Å². The van der Waals surface area contributed by atoms with Crippen molar-refractivity contribution in [2.45, 2.75) is 25.8 Å². The van der Waals surface area contributed by atoms with Crippen LogP contribution in [0.4, 0.5) is 0 Å². The molecule has 0 spiro atoms. The molecule has 0 aromatic rings. The summed E-state index contributed by atoms with van der Waals surface area (Å²) in [5.41, 5.74) is 1.54. The Morgan fingerprint density at radius 3 is 3.25 bits per heavy atom. The third-order valence-electron chi connectivity index (χ3n) is 2.71. The number of fused-ring (bicyclic) bond motifs is 1. The summed E-state index contributed by atoms with van der Waals surface area (Å²) >= 11 is 0. The first-order valence-electron chi connectivity index (χ1n) is 4.70. The highest BCUT2D eigenvalue weighted by atomic mass is 14.9. The van der Waals surface area contributed by atoms with Gasteiger partial charge in [0.15, 0.2) is 0 Å². The fourth-order valence-electron chi connectivity index (χ4n) is 1.97. The Balaban J connectivity index is 2.17. The largest absolute Gasteiger partial charge is 0.387 e. The third kappa shape index (κ3) is 1.20. The molecule has 1 aliphatic heterocycles. The van der Waals surface area contributed by atoms with Crippen LogP contribution in [0.5, 0.6) is 0 Å². The molecule has 0 bridgehead atoms. The van der Waals surface area contributed by atoms with Crippen molar-refractivity contribution in [1.82, 2.24) is 5.32 Å². The molecule has 12 heavy (non-hydrogen) atoms. The van der Waals surface area contributed by atoms with Crippen LogP contribution in [0.3, 0.4) is 0 Å². The van der Waals surface area contributed by atoms with Gasteiger partial charge in [0.25, 0.3) is 0 Å². The summed E-state index contributed by atoms with van der Waals surface area (Å²) in [6, 6.07) is 0.620. The van der Waals surface area contributed by atoms with Crippen LogP contribution in [0, 0.1) is 5.92 Å². The van der Waals surface area contributed by atoms with E-state index in [1.807, 2.05) is 0 Å². The van der Waals surface area contributed by atoms with E-state index in [1.54, 1.807) is 5.57 Å². The SMILES string of the molecule is CCC1=CNC2CC=CC=CC12. The lowest BCUT2D eigenvalue weighted by Gasteiger charge is -2.16. The normalized spacial score (nSPS) is 32.2. The van der Waals surface area contributed by atoms with Gasteiger partial charge in [0.1, 0.15) is 0 Å². The van der Waals surface area contributed by atoms with Gasteiger partial charge in [-0.1, -0.05) is 31.2 Å². The minimum absolute atomic E-state index is 0.620. The van der Waals surface area contributed by atoms with Crippen LogP contribution in [0.25, 0.3) is 0 Å². The van der Waals surface area contributed by atoms with Crippen LogP contribution in [0.1, 0.15) is 19.8 Å². The van der Waals surface area contributed by atoms with Gasteiger partial charge in [-0.2, -0.15) is 0 Å². The Kier molecular flexibility index (Phi) is 2.03. The highest BCUT2D eigenvalue weighted by Crippen LogP contribution is 2.28. The Labute approximate surface area is 73.9 Å². The van der Waals surface area contributed by atoms with E-state index in [4.69, 9.17) is 0 Å². The summed E-state index contributed by atoms with van der Waals surface area (Å²) in [4.78, 5) is 0. The molecule has 1 nitrogen and oxygen atoms in total. The average molecular weight is 161 g/mol. The predicted molar refractivity (Wildman–Crippen MR) is 51.7 cm³/mol. The van der Waals surface area contributed by atoms with E-state index in [9.17, 15) is 0 Å². The smallest absolute Gasteiger partial charge is 0.0391 e. The number of nitrogens with one attached hydrogen (secondary N) is 1. The summed E-state index contributed by atoms with van der Waals surface area (Å²) in [5.74, 6) is 0.644. The highest BCUT2D eigenvalue weighted by molar-refractivity contribution is 5.26. The van der Waals surface area contributed by atoms with Crippen molar-refractivity contribution >= 4 is 0 Å². The number of hydrogen-bond acceptors (Lipinski definition) is 1. The van der Waals surface area contributed by atoms with Crippen LogP contribution >= 0.6 is 0 Å². The minimum atomic E-state index is 0.620. The first-order chi connectivity index (χ1) is 5.92. The van der Waals surface area contributed by atoms with Crippen LogP contribution < -0.4 is 5.32 Å². The van der Waals surface area contributed by atoms with E-state index < -0.39 is 0 Å². The molecular weight excluding hydrogens is 146 g/mol. The summed E-state index contributed by atoms with van der Waals surface area (Å²) in [7, 11) is 0. The molecule has 0 saturated carbocycles. The van der Waals surface area contributed by atoms with Crippen molar-refractivity contribution in [2.24, 2.45) is 5.92 Å². The van der Waals surface area contributed by atoms with Gasteiger partial charge in [0, 0.05) is 12.0 Å². The van der Waals surface area contributed by atoms with Crippen molar-refractivity contribution in [3.05, 3.63) is 36.1 Å². The van der Waals surface area contributed by atoms with Crippen molar-refractivity contribution in [3.63, 3.8) is 0 Å². The van der Waals surface area contributed by atoms with E-state index in [1.165, 1.54) is 6.42 Å². The minimum Gasteiger partial charge on any atom is -0.387 e. The Hall–Kier alpha value is -0.980. The lowest BCUT2D eigenvalue weighted by molar-refractivity contribution is 0.541. The lowest BCUT2D eigenvalue weighted by Crippen LogP contribution is -2.25. The topological polar surface area (TPSA) is 12.0 Å². The van der Waals surface area contributed by atoms with Crippen LogP contribution in [0.15, 0.2) is 36.1 Å². The molecule has 2 unspecified atom stereocenters. The molecule has 2 rings (SSSR count). The molecule has 0 aromatic carbocycles. The second-order valence-electron chi connectivity index (χ2n) is 3.42. The molecule has 0 saturated heterocycles. The Morgan fingerprint density at radius 2 is 2.42 bits per heavy atom. The van der Waals surface area contributed by atoms with Crippen LogP contribution in [-0.4, -0.2) is 6.04 Å². The second-order valence-corrected chi connectivity index (χ2v) is 3.42. The van der Waals surface area contributed by atoms with Gasteiger partial charge in [-0.15, -0.1) is 0 Å². The van der Waals surface area contributed by atoms with Crippen LogP contribution in [0.2, 0.25) is 0 Å². The zero-order valence-electron chi connectivity index (χ0n) is 7.46. The maximum absolute atomic E-state index is 3.44. The Morgan fingerprint density at radius 1 is 1.50 bits per heavy atom. The average Bonchev–Trinajstić information content (AvgIpc) is 2.33. The first kappa shape index (κ1) is 7.66. The quantitative estimate of drug-likeness (QED) is 0.622. The predicted octanol–water partition coefficient (Wildman–Crippen LogP) is 2.38. The fourth-order valence-corrected chi connectivity index (χ4v) is 1.97. The number of rotatable bonds is 1. The molecule has 2 atom stereocenters. The van der Waals surface area contributed by atoms with Crippen LogP contribution in [-0.2, 0) is 0 Å². The first-order valence-corrected chi connectivity index (χ1v) is 4.70. The van der Waals surface area contributed by atoms with Gasteiger partial charge in [-0.25, -0.2) is 0 Å². The highest BCUT2D eigenvalue weighted by Gasteiger charge is 2.25. The molecule has 1 heteroatoms. The van der Waals surface area contributed by atoms with Crippen molar-refractivity contribution in [1.29, 1.82) is 0 Å². The van der Waals surface area contributed by atoms with Gasteiger partial charge >= 0.3 is 0 Å². The molecule has 2 aliphatic rings. The fraction of sp³-hybridized carbons (Fsp3) is 0.455. The number of hydrogen-bond donors (Lipinski definition) is 1. The molecule has 1 heterocycles. The van der Waals surface area contributed by atoms with Gasteiger partial charge in [0.05, 0.1) is 0 Å². The molecule has 0 radical (unpaired) electrons. The van der Waals surface area contributed by atoms with Crippen molar-refractivity contribution in [3.8, 4) is 0 Å². The van der Waals surface area contributed by atoms with E-state index in [2.05, 4.69) is 42.7 Å². The Bertz CT molecular complexity index is 248. The molecule has 0 aromatic heterocycles. The van der Waals surface area contributed by atoms with Gasteiger partial charge in [-0.3, -0.25) is 0 Å². The standard InChI is InChI=1S/C11H15N/c1-2-9-8-12-11-7-5-3-4-6-10(9)11/h3-6,8,10-12H,2,7H2,1H3. The third-order valence-corrected chi connectivity index (χ3v) is 2.71. The lowest BCUT2D eigenvalue weighted by atomic mass is 9.92. The van der Waals surface area contributed by atoms with Gasteiger partial charge in [-0.05, 0) is 24.6 Å². The zero-order valence-corrected chi connectivity index (χ0v) is 7.46. The molecule has 0 fully saturated rings. The summed E-state index contributed by atoms with van der Waals surface area (Å²) < 4.78 is 0. The monoisotopic (exact) mass is 161 g/mol. The molecule has 1 aliphatic carbocycles. The summed E-state index contributed by atoms with van der Waals surface area (Å²) in [6.07, 6.45) is 13.4. The maximum Gasteiger partial charge on any atom is 0.0391 e. The van der Waals surface area contributed by atoms with E-state index >= 15 is 0 Å². The maximum atomic E-state index is 3.44. The number of allylic oxidation sites excluding steroid dienone is 2. The molecule has 0 amide bonds. The van der Waals surface area contributed by atoms with Gasteiger partial charge in [0.2, 0.25) is 0 Å². The van der Waals surface area contributed by atoms with Crippen molar-refractivity contribution in [2.75, 3.05) is 0 Å².